The predicted molar refractivity (Wildman–Crippen MR) is 108 cm³/mol. The first-order valence-electron chi connectivity index (χ1n) is 9.73. The lowest BCUT2D eigenvalue weighted by Crippen LogP contribution is -2.33. The van der Waals surface area contributed by atoms with E-state index in [4.69, 9.17) is 4.74 Å². The minimum Gasteiger partial charge on any atom is -0.497 e. The average molecular weight is 396 g/mol. The van der Waals surface area contributed by atoms with Gasteiger partial charge < -0.3 is 15.0 Å². The molecule has 0 radical (unpaired) electrons. The van der Waals surface area contributed by atoms with Crippen molar-refractivity contribution in [2.45, 2.75) is 31.8 Å². The third-order valence-corrected chi connectivity index (χ3v) is 5.15. The summed E-state index contributed by atoms with van der Waals surface area (Å²) in [6.07, 6.45) is 6.17. The molecule has 1 unspecified atom stereocenters. The van der Waals surface area contributed by atoms with Gasteiger partial charge >= 0.3 is 0 Å². The summed E-state index contributed by atoms with van der Waals surface area (Å²) >= 11 is 0. The van der Waals surface area contributed by atoms with Gasteiger partial charge in [-0.1, -0.05) is 0 Å². The number of hydrogen-bond donors (Lipinski definition) is 2. The number of halogens is 2. The fourth-order valence-electron chi connectivity index (χ4n) is 3.63. The van der Waals surface area contributed by atoms with Crippen LogP contribution in [0.2, 0.25) is 0 Å². The van der Waals surface area contributed by atoms with Crippen molar-refractivity contribution in [1.29, 1.82) is 0 Å². The summed E-state index contributed by atoms with van der Waals surface area (Å²) in [7, 11) is 0. The molecule has 6 heteroatoms. The van der Waals surface area contributed by atoms with Gasteiger partial charge in [0.15, 0.2) is 0 Å². The number of fused-ring (bicyclic) bond motifs is 1. The third-order valence-electron chi connectivity index (χ3n) is 5.15. The molecule has 3 aromatic rings. The number of hydrogen-bond acceptors (Lipinski definition) is 2. The maximum absolute atomic E-state index is 13.8. The molecule has 0 saturated heterocycles. The second-order valence-electron chi connectivity index (χ2n) is 7.19. The topological polar surface area (TPSA) is 54.1 Å². The lowest BCUT2D eigenvalue weighted by molar-refractivity contribution is -0.121. The van der Waals surface area contributed by atoms with Crippen LogP contribution in [0.4, 0.5) is 8.78 Å². The van der Waals surface area contributed by atoms with Gasteiger partial charge in [0.05, 0.1) is 12.8 Å². The lowest BCUT2D eigenvalue weighted by Gasteiger charge is -2.19. The van der Waals surface area contributed by atoms with Crippen molar-refractivity contribution in [2.24, 2.45) is 0 Å². The molecule has 1 atom stereocenters. The number of benzene rings is 2. The molecule has 4 rings (SSSR count). The van der Waals surface area contributed by atoms with Crippen LogP contribution in [0.3, 0.4) is 0 Å². The molecule has 0 bridgehead atoms. The number of nitrogens with one attached hydrogen (secondary N) is 2. The smallest absolute Gasteiger partial charge is 0.220 e. The first-order chi connectivity index (χ1) is 14.1. The van der Waals surface area contributed by atoms with Crippen LogP contribution in [0.25, 0.3) is 22.2 Å². The summed E-state index contributed by atoms with van der Waals surface area (Å²) in [6, 6.07) is 10.7. The van der Waals surface area contributed by atoms with E-state index in [1.54, 1.807) is 24.5 Å². The first-order valence-corrected chi connectivity index (χ1v) is 9.73. The first kappa shape index (κ1) is 19.2. The number of carbonyl (C=O) groups excluding carboxylic acids is 1. The zero-order valence-corrected chi connectivity index (χ0v) is 15.9. The molecule has 1 aliphatic rings. The van der Waals surface area contributed by atoms with Crippen LogP contribution in [-0.4, -0.2) is 23.5 Å². The quantitative estimate of drug-likeness (QED) is 0.626. The van der Waals surface area contributed by atoms with Crippen molar-refractivity contribution in [3.05, 3.63) is 72.0 Å². The number of aromatic nitrogens is 1. The fourth-order valence-corrected chi connectivity index (χ4v) is 3.63. The summed E-state index contributed by atoms with van der Waals surface area (Å²) in [5.41, 5.74) is 3.20. The Morgan fingerprint density at radius 1 is 1.14 bits per heavy atom. The standard InChI is InChI=1S/C23H22F2N2O2/c24-16-6-4-15(5-7-16)23-19(20-13-17(25)8-10-21(20)27-23)9-11-22(28)26-14-18-3-1-2-12-29-18/h2,4-8,10,12-13,18,27H,1,3,9,11,14H2,(H,26,28). The normalized spacial score (nSPS) is 16.0. The highest BCUT2D eigenvalue weighted by atomic mass is 19.1. The van der Waals surface area contributed by atoms with Crippen molar-refractivity contribution in [3.8, 4) is 11.3 Å². The van der Waals surface area contributed by atoms with E-state index in [9.17, 15) is 13.6 Å². The summed E-state index contributed by atoms with van der Waals surface area (Å²) in [5, 5.41) is 3.64. The Kier molecular flexibility index (Phi) is 5.60. The Hall–Kier alpha value is -3.15. The zero-order valence-electron chi connectivity index (χ0n) is 15.9. The van der Waals surface area contributed by atoms with Crippen LogP contribution >= 0.6 is 0 Å². The van der Waals surface area contributed by atoms with Crippen LogP contribution in [-0.2, 0) is 16.0 Å². The number of H-pyrrole nitrogens is 1. The van der Waals surface area contributed by atoms with Crippen LogP contribution in [0, 0.1) is 11.6 Å². The van der Waals surface area contributed by atoms with Crippen LogP contribution in [0.5, 0.6) is 0 Å². The highest BCUT2D eigenvalue weighted by molar-refractivity contribution is 5.91. The third kappa shape index (κ3) is 4.47. The monoisotopic (exact) mass is 396 g/mol. The van der Waals surface area contributed by atoms with E-state index in [1.165, 1.54) is 24.3 Å². The van der Waals surface area contributed by atoms with E-state index in [-0.39, 0.29) is 30.1 Å². The summed E-state index contributed by atoms with van der Waals surface area (Å²) < 4.78 is 32.6. The summed E-state index contributed by atoms with van der Waals surface area (Å²) in [5.74, 6) is -0.745. The summed E-state index contributed by atoms with van der Waals surface area (Å²) in [4.78, 5) is 15.6. The fraction of sp³-hybridized carbons (Fsp3) is 0.261. The molecule has 0 saturated carbocycles. The molecule has 1 aliphatic heterocycles. The van der Waals surface area contributed by atoms with Gasteiger partial charge in [0.1, 0.15) is 17.7 Å². The number of carbonyl (C=O) groups is 1. The SMILES string of the molecule is O=C(CCc1c(-c2ccc(F)cc2)[nH]c2ccc(F)cc12)NCC1CCC=CO1. The predicted octanol–water partition coefficient (Wildman–Crippen LogP) is 4.85. The van der Waals surface area contributed by atoms with Gasteiger partial charge in [-0.3, -0.25) is 4.79 Å². The largest absolute Gasteiger partial charge is 0.497 e. The van der Waals surface area contributed by atoms with E-state index < -0.39 is 0 Å². The van der Waals surface area contributed by atoms with Crippen molar-refractivity contribution >= 4 is 16.8 Å². The minimum atomic E-state index is -0.338. The number of ether oxygens (including phenoxy) is 1. The van der Waals surface area contributed by atoms with E-state index in [1.807, 2.05) is 6.08 Å². The Bertz CT molecular complexity index is 1040. The molecule has 2 aromatic carbocycles. The van der Waals surface area contributed by atoms with E-state index in [0.29, 0.717) is 13.0 Å². The maximum Gasteiger partial charge on any atom is 0.220 e. The lowest BCUT2D eigenvalue weighted by atomic mass is 10.0. The number of aromatic amines is 1. The van der Waals surface area contributed by atoms with Gasteiger partial charge in [0, 0.05) is 23.0 Å². The van der Waals surface area contributed by atoms with Gasteiger partial charge in [-0.2, -0.15) is 0 Å². The van der Waals surface area contributed by atoms with Gasteiger partial charge in [-0.05, 0) is 78.9 Å². The molecule has 1 aromatic heterocycles. The molecular formula is C23H22F2N2O2. The van der Waals surface area contributed by atoms with Crippen LogP contribution < -0.4 is 5.32 Å². The number of allylic oxidation sites excluding steroid dienone is 1. The van der Waals surface area contributed by atoms with E-state index in [0.717, 1.165) is 40.6 Å². The van der Waals surface area contributed by atoms with E-state index in [2.05, 4.69) is 10.3 Å². The molecule has 1 amide bonds. The minimum absolute atomic E-state index is 0.000843. The van der Waals surface area contributed by atoms with Crippen LogP contribution in [0.15, 0.2) is 54.8 Å². The van der Waals surface area contributed by atoms with Gasteiger partial charge in [-0.15, -0.1) is 0 Å². The number of rotatable bonds is 6. The van der Waals surface area contributed by atoms with Crippen LogP contribution in [0.1, 0.15) is 24.8 Å². The zero-order chi connectivity index (χ0) is 20.2. The summed E-state index contributed by atoms with van der Waals surface area (Å²) in [6.45, 7) is 0.469. The molecule has 0 spiro atoms. The molecule has 4 nitrogen and oxygen atoms in total. The van der Waals surface area contributed by atoms with Crippen molar-refractivity contribution < 1.29 is 18.3 Å². The average Bonchev–Trinajstić information content (AvgIpc) is 3.09. The van der Waals surface area contributed by atoms with Gasteiger partial charge in [0.2, 0.25) is 5.91 Å². The number of aryl methyl sites for hydroxylation is 1. The van der Waals surface area contributed by atoms with Gasteiger partial charge in [0.25, 0.3) is 0 Å². The van der Waals surface area contributed by atoms with Crippen molar-refractivity contribution in [3.63, 3.8) is 0 Å². The molecule has 2 heterocycles. The molecule has 150 valence electrons. The Morgan fingerprint density at radius 2 is 1.93 bits per heavy atom. The highest BCUT2D eigenvalue weighted by Crippen LogP contribution is 2.32. The second-order valence-corrected chi connectivity index (χ2v) is 7.19. The van der Waals surface area contributed by atoms with Crippen molar-refractivity contribution in [1.82, 2.24) is 10.3 Å². The molecule has 29 heavy (non-hydrogen) atoms. The number of amides is 1. The Morgan fingerprint density at radius 3 is 2.69 bits per heavy atom. The molecule has 2 N–H and O–H groups in total. The molecule has 0 aliphatic carbocycles. The Labute approximate surface area is 167 Å². The molecule has 0 fully saturated rings. The maximum atomic E-state index is 13.8. The molecular weight excluding hydrogens is 374 g/mol. The van der Waals surface area contributed by atoms with Crippen molar-refractivity contribution in [2.75, 3.05) is 6.54 Å². The highest BCUT2D eigenvalue weighted by Gasteiger charge is 2.17. The second kappa shape index (κ2) is 8.47. The Balaban J connectivity index is 1.52. The van der Waals surface area contributed by atoms with E-state index >= 15 is 0 Å². The van der Waals surface area contributed by atoms with Gasteiger partial charge in [-0.25, -0.2) is 8.78 Å².